The van der Waals surface area contributed by atoms with E-state index >= 15 is 0 Å². The van der Waals surface area contributed by atoms with Crippen molar-refractivity contribution >= 4 is 43.6 Å². The van der Waals surface area contributed by atoms with Crippen molar-refractivity contribution in [2.24, 2.45) is 0 Å². The molecular weight excluding hydrogens is 534 g/mol. The highest BCUT2D eigenvalue weighted by Crippen LogP contribution is 2.35. The van der Waals surface area contributed by atoms with E-state index in [2.05, 4.69) is 161 Å². The summed E-state index contributed by atoms with van der Waals surface area (Å²) in [6.45, 7) is 0. The number of pyridine rings is 1. The molecule has 9 rings (SSSR count). The Morgan fingerprint density at radius 1 is 0.318 bits per heavy atom. The lowest BCUT2D eigenvalue weighted by Crippen LogP contribution is -1.95. The van der Waals surface area contributed by atoms with Crippen molar-refractivity contribution in [3.63, 3.8) is 0 Å². The number of hydrogen-bond donors (Lipinski definition) is 0. The summed E-state index contributed by atoms with van der Waals surface area (Å²) in [6.07, 6.45) is 3.93. The quantitative estimate of drug-likeness (QED) is 0.210. The van der Waals surface area contributed by atoms with Crippen LogP contribution in [0.1, 0.15) is 0 Å². The third-order valence-electron chi connectivity index (χ3n) is 8.77. The number of hydrogen-bond acceptors (Lipinski definition) is 1. The summed E-state index contributed by atoms with van der Waals surface area (Å²) < 4.78 is 4.72. The lowest BCUT2D eigenvalue weighted by Gasteiger charge is -2.12. The number of fused-ring (bicyclic) bond motifs is 6. The Balaban J connectivity index is 1.15. The summed E-state index contributed by atoms with van der Waals surface area (Å²) in [7, 11) is 0. The van der Waals surface area contributed by atoms with E-state index in [1.165, 1.54) is 43.6 Å². The Labute approximate surface area is 254 Å². The molecule has 0 spiro atoms. The Hall–Kier alpha value is -5.93. The van der Waals surface area contributed by atoms with Gasteiger partial charge in [-0.25, -0.2) is 0 Å². The van der Waals surface area contributed by atoms with E-state index in [4.69, 9.17) is 4.98 Å². The van der Waals surface area contributed by atoms with Gasteiger partial charge in [0, 0.05) is 56.4 Å². The monoisotopic (exact) mass is 561 g/mol. The van der Waals surface area contributed by atoms with Gasteiger partial charge in [-0.05, 0) is 65.7 Å². The molecule has 0 radical (unpaired) electrons. The third kappa shape index (κ3) is 3.80. The number of rotatable bonds is 4. The van der Waals surface area contributed by atoms with Gasteiger partial charge < -0.3 is 9.13 Å². The molecule has 0 N–H and O–H groups in total. The largest absolute Gasteiger partial charge is 0.309 e. The number of nitrogens with zero attached hydrogens (tertiary/aromatic N) is 3. The van der Waals surface area contributed by atoms with Crippen LogP contribution in [-0.2, 0) is 0 Å². The summed E-state index contributed by atoms with van der Waals surface area (Å²) >= 11 is 0. The fourth-order valence-corrected chi connectivity index (χ4v) is 6.81. The second-order valence-corrected chi connectivity index (χ2v) is 11.3. The van der Waals surface area contributed by atoms with Crippen molar-refractivity contribution in [1.29, 1.82) is 0 Å². The highest BCUT2D eigenvalue weighted by Gasteiger charge is 2.14. The average Bonchev–Trinajstić information content (AvgIpc) is 3.62. The standard InChI is InChI=1S/C41H27N3/c1-5-19-38-34(15-1)35-16-2-6-20-39(35)43(38)32-13-9-11-28(24-32)30-23-31(27-42-26-30)29-12-10-14-33(25-29)44-40-21-7-3-17-36(40)37-18-4-8-22-41(37)44/h1-27H. The van der Waals surface area contributed by atoms with Gasteiger partial charge in [0.2, 0.25) is 0 Å². The highest BCUT2D eigenvalue weighted by molar-refractivity contribution is 6.10. The van der Waals surface area contributed by atoms with Crippen LogP contribution >= 0.6 is 0 Å². The number of benzene rings is 6. The summed E-state index contributed by atoms with van der Waals surface area (Å²) in [5.74, 6) is 0. The van der Waals surface area contributed by atoms with Crippen LogP contribution in [0.15, 0.2) is 164 Å². The van der Waals surface area contributed by atoms with Gasteiger partial charge in [0.25, 0.3) is 0 Å². The van der Waals surface area contributed by atoms with E-state index < -0.39 is 0 Å². The van der Waals surface area contributed by atoms with Crippen LogP contribution in [0, 0.1) is 0 Å². The molecule has 206 valence electrons. The fourth-order valence-electron chi connectivity index (χ4n) is 6.81. The fraction of sp³-hybridized carbons (Fsp3) is 0. The van der Waals surface area contributed by atoms with Crippen molar-refractivity contribution in [3.8, 4) is 33.6 Å². The smallest absolute Gasteiger partial charge is 0.0541 e. The van der Waals surface area contributed by atoms with Gasteiger partial charge in [-0.15, -0.1) is 0 Å². The van der Waals surface area contributed by atoms with Crippen molar-refractivity contribution < 1.29 is 0 Å². The molecule has 0 aliphatic heterocycles. The number of aromatic nitrogens is 3. The van der Waals surface area contributed by atoms with Gasteiger partial charge in [-0.1, -0.05) is 97.1 Å². The maximum absolute atomic E-state index is 4.71. The van der Waals surface area contributed by atoms with Crippen molar-refractivity contribution in [3.05, 3.63) is 164 Å². The minimum Gasteiger partial charge on any atom is -0.309 e. The molecule has 3 heterocycles. The molecule has 3 nitrogen and oxygen atoms in total. The van der Waals surface area contributed by atoms with Gasteiger partial charge >= 0.3 is 0 Å². The van der Waals surface area contributed by atoms with E-state index in [9.17, 15) is 0 Å². The number of para-hydroxylation sites is 4. The molecule has 0 aliphatic rings. The van der Waals surface area contributed by atoms with E-state index in [-0.39, 0.29) is 0 Å². The molecule has 0 amide bonds. The normalized spacial score (nSPS) is 11.6. The van der Waals surface area contributed by atoms with Crippen LogP contribution in [0.5, 0.6) is 0 Å². The predicted molar refractivity (Wildman–Crippen MR) is 184 cm³/mol. The first-order chi connectivity index (χ1) is 21.8. The van der Waals surface area contributed by atoms with Crippen LogP contribution in [-0.4, -0.2) is 14.1 Å². The molecule has 0 fully saturated rings. The van der Waals surface area contributed by atoms with Gasteiger partial charge in [0.15, 0.2) is 0 Å². The van der Waals surface area contributed by atoms with Crippen LogP contribution in [0.3, 0.4) is 0 Å². The molecule has 0 unspecified atom stereocenters. The molecule has 3 heteroatoms. The van der Waals surface area contributed by atoms with Gasteiger partial charge in [-0.2, -0.15) is 0 Å². The van der Waals surface area contributed by atoms with E-state index in [1.54, 1.807) is 0 Å². The molecule has 44 heavy (non-hydrogen) atoms. The maximum atomic E-state index is 4.71. The van der Waals surface area contributed by atoms with Gasteiger partial charge in [0.1, 0.15) is 0 Å². The Morgan fingerprint density at radius 2 is 0.682 bits per heavy atom. The molecule has 9 aromatic rings. The molecule has 3 aromatic heterocycles. The van der Waals surface area contributed by atoms with E-state index in [1.807, 2.05) is 12.4 Å². The van der Waals surface area contributed by atoms with E-state index in [0.717, 1.165) is 33.6 Å². The van der Waals surface area contributed by atoms with Crippen molar-refractivity contribution in [1.82, 2.24) is 14.1 Å². The zero-order valence-corrected chi connectivity index (χ0v) is 23.9. The van der Waals surface area contributed by atoms with Crippen LogP contribution in [0.4, 0.5) is 0 Å². The zero-order valence-electron chi connectivity index (χ0n) is 23.9. The summed E-state index contributed by atoms with van der Waals surface area (Å²) in [5.41, 5.74) is 11.6. The molecule has 0 saturated heterocycles. The summed E-state index contributed by atoms with van der Waals surface area (Å²) in [6, 6.07) is 54.4. The van der Waals surface area contributed by atoms with Crippen molar-refractivity contribution in [2.75, 3.05) is 0 Å². The van der Waals surface area contributed by atoms with Crippen LogP contribution in [0.2, 0.25) is 0 Å². The molecule has 0 bridgehead atoms. The van der Waals surface area contributed by atoms with Crippen LogP contribution in [0.25, 0.3) is 77.2 Å². The predicted octanol–water partition coefficient (Wildman–Crippen LogP) is 10.6. The molecule has 0 atom stereocenters. The van der Waals surface area contributed by atoms with Gasteiger partial charge in [-0.3, -0.25) is 4.98 Å². The minimum absolute atomic E-state index is 1.09. The second kappa shape index (κ2) is 9.82. The molecule has 0 aliphatic carbocycles. The van der Waals surface area contributed by atoms with Crippen molar-refractivity contribution in [2.45, 2.75) is 0 Å². The summed E-state index contributed by atoms with van der Waals surface area (Å²) in [4.78, 5) is 4.71. The lowest BCUT2D eigenvalue weighted by atomic mass is 10.0. The molecule has 0 saturated carbocycles. The average molecular weight is 562 g/mol. The van der Waals surface area contributed by atoms with Gasteiger partial charge in [0.05, 0.1) is 22.1 Å². The van der Waals surface area contributed by atoms with Crippen LogP contribution < -0.4 is 0 Å². The third-order valence-corrected chi connectivity index (χ3v) is 8.77. The summed E-state index contributed by atoms with van der Waals surface area (Å²) in [5, 5.41) is 5.06. The molecule has 6 aromatic carbocycles. The minimum atomic E-state index is 1.09. The topological polar surface area (TPSA) is 22.8 Å². The first kappa shape index (κ1) is 24.6. The molecular formula is C41H27N3. The Kier molecular flexibility index (Phi) is 5.50. The Morgan fingerprint density at radius 3 is 1.07 bits per heavy atom. The highest BCUT2D eigenvalue weighted by atomic mass is 15.0. The lowest BCUT2D eigenvalue weighted by molar-refractivity contribution is 1.18. The Bertz CT molecular complexity index is 2230. The maximum Gasteiger partial charge on any atom is 0.0541 e. The first-order valence-electron chi connectivity index (χ1n) is 15.0. The second-order valence-electron chi connectivity index (χ2n) is 11.3. The zero-order chi connectivity index (χ0) is 29.0. The van der Waals surface area contributed by atoms with E-state index in [0.29, 0.717) is 0 Å². The first-order valence-corrected chi connectivity index (χ1v) is 15.0. The SMILES string of the molecule is c1cc(-c2cncc(-c3cccc(-n4c5ccccc5c5ccccc54)c3)c2)cc(-n2c3ccccc3c3ccccc32)c1.